The first kappa shape index (κ1) is 16.4. The number of non-ortho nitro benzene ring substituents is 1. The lowest BCUT2D eigenvalue weighted by Crippen LogP contribution is -2.35. The number of carbonyl (C=O) groups is 1. The fraction of sp³-hybridized carbons (Fsp3) is 0.562. The Bertz CT molecular complexity index is 527. The van der Waals surface area contributed by atoms with E-state index in [1.165, 1.54) is 12.1 Å². The van der Waals surface area contributed by atoms with Crippen molar-refractivity contribution in [1.29, 1.82) is 0 Å². The van der Waals surface area contributed by atoms with Gasteiger partial charge in [0.2, 0.25) is 5.91 Å². The summed E-state index contributed by atoms with van der Waals surface area (Å²) in [5.74, 6) is 0.739. The van der Waals surface area contributed by atoms with E-state index in [2.05, 4.69) is 19.2 Å². The number of benzene rings is 1. The molecule has 1 aromatic carbocycles. The van der Waals surface area contributed by atoms with Crippen LogP contribution in [0.3, 0.4) is 0 Å². The summed E-state index contributed by atoms with van der Waals surface area (Å²) >= 11 is 0. The number of rotatable bonds is 6. The van der Waals surface area contributed by atoms with Gasteiger partial charge in [-0.15, -0.1) is 0 Å². The number of hydrogen-bond donors (Lipinski definition) is 1. The first-order valence-electron chi connectivity index (χ1n) is 7.59. The van der Waals surface area contributed by atoms with Gasteiger partial charge in [-0.05, 0) is 17.9 Å². The van der Waals surface area contributed by atoms with Crippen LogP contribution >= 0.6 is 0 Å². The average Bonchev–Trinajstić information content (AvgIpc) is 2.94. The number of nitrogens with zero attached hydrogens (tertiary/aromatic N) is 1. The molecule has 22 heavy (non-hydrogen) atoms. The van der Waals surface area contributed by atoms with Crippen molar-refractivity contribution in [2.24, 2.45) is 11.8 Å². The molecule has 1 aromatic rings. The summed E-state index contributed by atoms with van der Waals surface area (Å²) in [6, 6.07) is 6.07. The van der Waals surface area contributed by atoms with Crippen molar-refractivity contribution in [2.45, 2.75) is 32.8 Å². The molecule has 0 bridgehead atoms. The molecule has 0 aromatic heterocycles. The highest BCUT2D eigenvalue weighted by molar-refractivity contribution is 5.78. The van der Waals surface area contributed by atoms with Gasteiger partial charge in [-0.1, -0.05) is 26.0 Å². The van der Waals surface area contributed by atoms with Crippen LogP contribution in [0.2, 0.25) is 0 Å². The average molecular weight is 306 g/mol. The molecule has 1 saturated heterocycles. The quantitative estimate of drug-likeness (QED) is 0.646. The molecule has 1 fully saturated rings. The molecule has 1 N–H and O–H groups in total. The normalized spacial score (nSPS) is 21.0. The van der Waals surface area contributed by atoms with Crippen LogP contribution < -0.4 is 5.32 Å². The van der Waals surface area contributed by atoms with Crippen molar-refractivity contribution >= 4 is 11.6 Å². The predicted molar refractivity (Wildman–Crippen MR) is 82.5 cm³/mol. The van der Waals surface area contributed by atoms with Crippen molar-refractivity contribution in [3.05, 3.63) is 39.9 Å². The summed E-state index contributed by atoms with van der Waals surface area (Å²) in [5.41, 5.74) is 0.804. The second-order valence-corrected chi connectivity index (χ2v) is 6.03. The Labute approximate surface area is 130 Å². The first-order chi connectivity index (χ1) is 10.5. The van der Waals surface area contributed by atoms with E-state index < -0.39 is 4.92 Å². The van der Waals surface area contributed by atoms with Crippen LogP contribution in [0.4, 0.5) is 5.69 Å². The molecule has 120 valence electrons. The number of amides is 1. The smallest absolute Gasteiger partial charge is 0.269 e. The lowest BCUT2D eigenvalue weighted by molar-refractivity contribution is -0.384. The van der Waals surface area contributed by atoms with Gasteiger partial charge in [-0.2, -0.15) is 0 Å². The van der Waals surface area contributed by atoms with Crippen molar-refractivity contribution < 1.29 is 14.5 Å². The Morgan fingerprint density at radius 2 is 2.09 bits per heavy atom. The van der Waals surface area contributed by atoms with Crippen LogP contribution in [-0.2, 0) is 16.0 Å². The molecule has 0 spiro atoms. The highest BCUT2D eigenvalue weighted by atomic mass is 16.6. The van der Waals surface area contributed by atoms with Gasteiger partial charge in [0.15, 0.2) is 0 Å². The fourth-order valence-corrected chi connectivity index (χ4v) is 2.84. The van der Waals surface area contributed by atoms with Gasteiger partial charge in [0.05, 0.1) is 17.4 Å². The van der Waals surface area contributed by atoms with Gasteiger partial charge in [0, 0.05) is 31.2 Å². The van der Waals surface area contributed by atoms with Gasteiger partial charge in [-0.25, -0.2) is 0 Å². The third kappa shape index (κ3) is 4.27. The predicted octanol–water partition coefficient (Wildman–Crippen LogP) is 2.31. The Balaban J connectivity index is 1.81. The largest absolute Gasteiger partial charge is 0.378 e. The zero-order valence-corrected chi connectivity index (χ0v) is 13.0. The maximum Gasteiger partial charge on any atom is 0.269 e. The summed E-state index contributed by atoms with van der Waals surface area (Å²) in [6.07, 6.45) is 1.41. The highest BCUT2D eigenvalue weighted by Gasteiger charge is 2.30. The number of nitro benzene ring substituents is 1. The summed E-state index contributed by atoms with van der Waals surface area (Å²) in [6.45, 7) is 5.63. The molecule has 1 aliphatic heterocycles. The van der Waals surface area contributed by atoms with E-state index >= 15 is 0 Å². The second kappa shape index (κ2) is 7.35. The number of ether oxygens (including phenoxy) is 1. The summed E-state index contributed by atoms with van der Waals surface area (Å²) < 4.78 is 5.70. The van der Waals surface area contributed by atoms with E-state index in [9.17, 15) is 14.9 Å². The van der Waals surface area contributed by atoms with Crippen LogP contribution in [0.15, 0.2) is 24.3 Å². The third-order valence-electron chi connectivity index (χ3n) is 3.99. The van der Waals surface area contributed by atoms with Crippen molar-refractivity contribution in [3.63, 3.8) is 0 Å². The van der Waals surface area contributed by atoms with E-state index in [0.717, 1.165) is 18.6 Å². The summed E-state index contributed by atoms with van der Waals surface area (Å²) in [7, 11) is 0. The van der Waals surface area contributed by atoms with Gasteiger partial charge >= 0.3 is 0 Å². The molecule has 2 rings (SSSR count). The van der Waals surface area contributed by atoms with E-state index in [0.29, 0.717) is 18.4 Å². The molecule has 1 aliphatic rings. The van der Waals surface area contributed by atoms with E-state index in [-0.39, 0.29) is 24.1 Å². The number of nitro groups is 1. The topological polar surface area (TPSA) is 81.5 Å². The van der Waals surface area contributed by atoms with Crippen molar-refractivity contribution in [1.82, 2.24) is 5.32 Å². The van der Waals surface area contributed by atoms with E-state index in [4.69, 9.17) is 4.74 Å². The van der Waals surface area contributed by atoms with Crippen LogP contribution in [0, 0.1) is 22.0 Å². The maximum absolute atomic E-state index is 12.0. The molecular formula is C16H22N2O4. The lowest BCUT2D eigenvalue weighted by atomic mass is 9.93. The number of carbonyl (C=O) groups excluding carboxylic acids is 1. The van der Waals surface area contributed by atoms with E-state index in [1.807, 2.05) is 0 Å². The van der Waals surface area contributed by atoms with Crippen LogP contribution in [-0.4, -0.2) is 30.1 Å². The third-order valence-corrected chi connectivity index (χ3v) is 3.99. The van der Waals surface area contributed by atoms with Crippen LogP contribution in [0.1, 0.15) is 25.8 Å². The zero-order chi connectivity index (χ0) is 16.1. The minimum absolute atomic E-state index is 0.0343. The standard InChI is InChI=1S/C16H22N2O4/c1-11(2)16-13(7-8-22-16)10-17-15(19)9-12-3-5-14(6-4-12)18(20)21/h3-6,11,13,16H,7-10H2,1-2H3,(H,17,19). The molecule has 6 heteroatoms. The Morgan fingerprint density at radius 1 is 1.41 bits per heavy atom. The maximum atomic E-state index is 12.0. The fourth-order valence-electron chi connectivity index (χ4n) is 2.84. The lowest BCUT2D eigenvalue weighted by Gasteiger charge is -2.22. The molecule has 2 unspecified atom stereocenters. The molecule has 1 heterocycles. The minimum atomic E-state index is -0.448. The molecule has 1 amide bonds. The van der Waals surface area contributed by atoms with Gasteiger partial charge in [-0.3, -0.25) is 14.9 Å². The summed E-state index contributed by atoms with van der Waals surface area (Å²) in [5, 5.41) is 13.5. The van der Waals surface area contributed by atoms with Crippen LogP contribution in [0.5, 0.6) is 0 Å². The second-order valence-electron chi connectivity index (χ2n) is 6.03. The van der Waals surface area contributed by atoms with Crippen LogP contribution in [0.25, 0.3) is 0 Å². The molecular weight excluding hydrogens is 284 g/mol. The van der Waals surface area contributed by atoms with Crippen molar-refractivity contribution in [2.75, 3.05) is 13.2 Å². The summed E-state index contributed by atoms with van der Waals surface area (Å²) in [4.78, 5) is 22.1. The molecule has 2 atom stereocenters. The van der Waals surface area contributed by atoms with Gasteiger partial charge in [0.25, 0.3) is 5.69 Å². The molecule has 0 radical (unpaired) electrons. The highest BCUT2D eigenvalue weighted by Crippen LogP contribution is 2.26. The Hall–Kier alpha value is -1.95. The van der Waals surface area contributed by atoms with Gasteiger partial charge < -0.3 is 10.1 Å². The SMILES string of the molecule is CC(C)C1OCCC1CNC(=O)Cc1ccc([N+](=O)[O-])cc1. The minimum Gasteiger partial charge on any atom is -0.378 e. The molecule has 0 aliphatic carbocycles. The van der Waals surface area contributed by atoms with Gasteiger partial charge in [0.1, 0.15) is 0 Å². The zero-order valence-electron chi connectivity index (χ0n) is 13.0. The van der Waals surface area contributed by atoms with Crippen molar-refractivity contribution in [3.8, 4) is 0 Å². The Kier molecular flexibility index (Phi) is 5.49. The molecule has 6 nitrogen and oxygen atoms in total. The van der Waals surface area contributed by atoms with E-state index in [1.54, 1.807) is 12.1 Å². The first-order valence-corrected chi connectivity index (χ1v) is 7.59. The Morgan fingerprint density at radius 3 is 2.68 bits per heavy atom. The molecule has 0 saturated carbocycles. The number of hydrogen-bond acceptors (Lipinski definition) is 4. The monoisotopic (exact) mass is 306 g/mol. The number of nitrogens with one attached hydrogen (secondary N) is 1.